The lowest BCUT2D eigenvalue weighted by atomic mass is 10.1. The summed E-state index contributed by atoms with van der Waals surface area (Å²) in [5.74, 6) is 0. The van der Waals surface area contributed by atoms with Gasteiger partial charge in [0.05, 0.1) is 14.7 Å². The fraction of sp³-hybridized carbons (Fsp3) is 0.368. The molecule has 0 aliphatic carbocycles. The molecule has 146 valence electrons. The lowest BCUT2D eigenvalue weighted by Gasteiger charge is -2.22. The number of nitrogens with zero attached hydrogens (tertiary/aromatic N) is 1. The summed E-state index contributed by atoms with van der Waals surface area (Å²) in [6, 6.07) is 7.53. The fourth-order valence-corrected chi connectivity index (χ4v) is 7.61. The molecule has 1 fully saturated rings. The molecular formula is C19H22ClNO4S2. The average Bonchev–Trinajstić information content (AvgIpc) is 3.09. The maximum Gasteiger partial charge on any atom is 0.243 e. The molecule has 1 aliphatic rings. The van der Waals surface area contributed by atoms with Crippen molar-refractivity contribution >= 4 is 31.5 Å². The number of rotatable bonds is 4. The molecule has 8 heteroatoms. The highest BCUT2D eigenvalue weighted by Crippen LogP contribution is 2.35. The number of benzene rings is 2. The summed E-state index contributed by atoms with van der Waals surface area (Å²) in [6.45, 7) is 5.91. The summed E-state index contributed by atoms with van der Waals surface area (Å²) < 4.78 is 54.3. The van der Waals surface area contributed by atoms with Crippen LogP contribution in [0.1, 0.15) is 29.5 Å². The van der Waals surface area contributed by atoms with Crippen LogP contribution in [0.2, 0.25) is 5.02 Å². The monoisotopic (exact) mass is 427 g/mol. The Kier molecular flexibility index (Phi) is 5.42. The van der Waals surface area contributed by atoms with Crippen molar-refractivity contribution in [3.63, 3.8) is 0 Å². The van der Waals surface area contributed by atoms with E-state index in [1.54, 1.807) is 26.8 Å². The van der Waals surface area contributed by atoms with Gasteiger partial charge in [-0.15, -0.1) is 0 Å². The molecule has 2 aromatic rings. The second-order valence-electron chi connectivity index (χ2n) is 6.86. The van der Waals surface area contributed by atoms with E-state index in [2.05, 4.69) is 0 Å². The van der Waals surface area contributed by atoms with Gasteiger partial charge in [0.15, 0.2) is 0 Å². The third kappa shape index (κ3) is 3.53. The summed E-state index contributed by atoms with van der Waals surface area (Å²) in [7, 11) is -7.62. The third-order valence-corrected chi connectivity index (χ3v) is 9.39. The number of sulfone groups is 1. The first-order valence-electron chi connectivity index (χ1n) is 8.68. The van der Waals surface area contributed by atoms with Gasteiger partial charge in [-0.25, -0.2) is 16.8 Å². The van der Waals surface area contributed by atoms with Crippen LogP contribution in [0.4, 0.5) is 0 Å². The van der Waals surface area contributed by atoms with Gasteiger partial charge < -0.3 is 0 Å². The SMILES string of the molecule is Cc1cc(C)c(S(=O)(=O)N2CCCC2)c(C)c1S(=O)(=O)c1ccc(Cl)cc1. The Hall–Kier alpha value is -1.41. The van der Waals surface area contributed by atoms with Gasteiger partial charge in [-0.3, -0.25) is 0 Å². The van der Waals surface area contributed by atoms with E-state index in [1.165, 1.54) is 28.6 Å². The molecule has 1 saturated heterocycles. The van der Waals surface area contributed by atoms with Gasteiger partial charge in [-0.2, -0.15) is 4.31 Å². The van der Waals surface area contributed by atoms with Crippen LogP contribution in [-0.2, 0) is 19.9 Å². The van der Waals surface area contributed by atoms with E-state index in [9.17, 15) is 16.8 Å². The number of sulfonamides is 1. The lowest BCUT2D eigenvalue weighted by Crippen LogP contribution is -2.29. The summed E-state index contributed by atoms with van der Waals surface area (Å²) in [4.78, 5) is 0.238. The van der Waals surface area contributed by atoms with Crippen LogP contribution in [0.15, 0.2) is 45.0 Å². The van der Waals surface area contributed by atoms with Crippen LogP contribution < -0.4 is 0 Å². The van der Waals surface area contributed by atoms with E-state index in [0.717, 1.165) is 12.8 Å². The largest absolute Gasteiger partial charge is 0.243 e. The molecule has 27 heavy (non-hydrogen) atoms. The Morgan fingerprint density at radius 3 is 1.93 bits per heavy atom. The topological polar surface area (TPSA) is 71.5 Å². The van der Waals surface area contributed by atoms with E-state index < -0.39 is 19.9 Å². The molecule has 0 N–H and O–H groups in total. The van der Waals surface area contributed by atoms with Crippen molar-refractivity contribution < 1.29 is 16.8 Å². The standard InChI is InChI=1S/C19H22ClNO4S2/c1-13-12-14(2)19(27(24,25)21-10-4-5-11-21)15(3)18(13)26(22,23)17-8-6-16(20)7-9-17/h6-9,12H,4-5,10-11H2,1-3H3. The number of aryl methyl sites for hydroxylation is 2. The predicted molar refractivity (Wildman–Crippen MR) is 106 cm³/mol. The van der Waals surface area contributed by atoms with Gasteiger partial charge in [0.25, 0.3) is 0 Å². The highest BCUT2D eigenvalue weighted by atomic mass is 35.5. The van der Waals surface area contributed by atoms with Crippen LogP contribution in [0, 0.1) is 20.8 Å². The smallest absolute Gasteiger partial charge is 0.218 e. The molecule has 0 aromatic heterocycles. The van der Waals surface area contributed by atoms with E-state index in [-0.39, 0.29) is 20.2 Å². The first kappa shape index (κ1) is 20.3. The van der Waals surface area contributed by atoms with E-state index in [4.69, 9.17) is 11.6 Å². The van der Waals surface area contributed by atoms with Gasteiger partial charge in [0.2, 0.25) is 19.9 Å². The molecule has 0 amide bonds. The second-order valence-corrected chi connectivity index (χ2v) is 11.1. The molecule has 2 aromatic carbocycles. The van der Waals surface area contributed by atoms with Gasteiger partial charge >= 0.3 is 0 Å². The molecule has 3 rings (SSSR count). The Bertz CT molecular complexity index is 1090. The highest BCUT2D eigenvalue weighted by Gasteiger charge is 2.34. The Labute approximate surface area is 165 Å². The number of hydrogen-bond acceptors (Lipinski definition) is 4. The number of halogens is 1. The second kappa shape index (κ2) is 7.20. The van der Waals surface area contributed by atoms with Crippen molar-refractivity contribution in [1.29, 1.82) is 0 Å². The van der Waals surface area contributed by atoms with Gasteiger partial charge in [-0.1, -0.05) is 17.7 Å². The summed E-state index contributed by atoms with van der Waals surface area (Å²) in [6.07, 6.45) is 1.64. The molecule has 1 heterocycles. The zero-order chi connectivity index (χ0) is 20.0. The predicted octanol–water partition coefficient (Wildman–Crippen LogP) is 3.88. The van der Waals surface area contributed by atoms with Crippen molar-refractivity contribution in [3.8, 4) is 0 Å². The molecule has 0 unspecified atom stereocenters. The van der Waals surface area contributed by atoms with E-state index >= 15 is 0 Å². The number of hydrogen-bond donors (Lipinski definition) is 0. The first-order chi connectivity index (χ1) is 12.6. The van der Waals surface area contributed by atoms with Crippen LogP contribution in [-0.4, -0.2) is 34.2 Å². The van der Waals surface area contributed by atoms with Crippen molar-refractivity contribution in [3.05, 3.63) is 52.0 Å². The molecule has 5 nitrogen and oxygen atoms in total. The van der Waals surface area contributed by atoms with Crippen molar-refractivity contribution in [2.45, 2.75) is 48.3 Å². The summed E-state index contributed by atoms with van der Waals surface area (Å²) in [5.41, 5.74) is 1.36. The zero-order valence-electron chi connectivity index (χ0n) is 15.5. The molecule has 1 aliphatic heterocycles. The van der Waals surface area contributed by atoms with Crippen LogP contribution in [0.5, 0.6) is 0 Å². The average molecular weight is 428 g/mol. The third-order valence-electron chi connectivity index (χ3n) is 4.89. The lowest BCUT2D eigenvalue weighted by molar-refractivity contribution is 0.476. The molecule has 0 spiro atoms. The van der Waals surface area contributed by atoms with Crippen LogP contribution in [0.25, 0.3) is 0 Å². The van der Waals surface area contributed by atoms with Gasteiger partial charge in [0.1, 0.15) is 0 Å². The van der Waals surface area contributed by atoms with Crippen molar-refractivity contribution in [1.82, 2.24) is 4.31 Å². The molecule has 0 atom stereocenters. The fourth-order valence-electron chi connectivity index (χ4n) is 3.75. The summed E-state index contributed by atoms with van der Waals surface area (Å²) in [5, 5.41) is 0.434. The zero-order valence-corrected chi connectivity index (χ0v) is 17.9. The Morgan fingerprint density at radius 2 is 1.37 bits per heavy atom. The minimum absolute atomic E-state index is 0.0493. The van der Waals surface area contributed by atoms with Gasteiger partial charge in [0, 0.05) is 18.1 Å². The molecule has 0 bridgehead atoms. The van der Waals surface area contributed by atoms with E-state index in [1.807, 2.05) is 0 Å². The normalized spacial score (nSPS) is 16.0. The maximum absolute atomic E-state index is 13.2. The van der Waals surface area contributed by atoms with Gasteiger partial charge in [-0.05, 0) is 74.6 Å². The Balaban J connectivity index is 2.25. The van der Waals surface area contributed by atoms with Crippen molar-refractivity contribution in [2.75, 3.05) is 13.1 Å². The minimum Gasteiger partial charge on any atom is -0.218 e. The quantitative estimate of drug-likeness (QED) is 0.742. The maximum atomic E-state index is 13.2. The minimum atomic E-state index is -3.88. The van der Waals surface area contributed by atoms with Crippen LogP contribution in [0.3, 0.4) is 0 Å². The van der Waals surface area contributed by atoms with E-state index in [0.29, 0.717) is 29.2 Å². The summed E-state index contributed by atoms with van der Waals surface area (Å²) >= 11 is 5.87. The highest BCUT2D eigenvalue weighted by molar-refractivity contribution is 7.92. The Morgan fingerprint density at radius 1 is 0.852 bits per heavy atom. The van der Waals surface area contributed by atoms with Crippen molar-refractivity contribution in [2.24, 2.45) is 0 Å². The molecular weight excluding hydrogens is 406 g/mol. The first-order valence-corrected chi connectivity index (χ1v) is 12.0. The molecule has 0 saturated carbocycles. The molecule has 0 radical (unpaired) electrons. The van der Waals surface area contributed by atoms with Crippen LogP contribution >= 0.6 is 11.6 Å².